The van der Waals surface area contributed by atoms with E-state index in [1.54, 1.807) is 20.1 Å². The predicted molar refractivity (Wildman–Crippen MR) is 74.9 cm³/mol. The number of amides is 2. The van der Waals surface area contributed by atoms with E-state index in [9.17, 15) is 9.59 Å². The summed E-state index contributed by atoms with van der Waals surface area (Å²) in [5.41, 5.74) is 5.35. The molecular formula is C13H17ClN2O4. The maximum atomic E-state index is 11.6. The van der Waals surface area contributed by atoms with Gasteiger partial charge in [-0.15, -0.1) is 0 Å². The van der Waals surface area contributed by atoms with Crippen molar-refractivity contribution in [3.05, 3.63) is 28.8 Å². The molecular weight excluding hydrogens is 284 g/mol. The SMILES string of the molecule is COC[C@H](C)NC(=O)COc1ccc(Cl)cc1C(N)=O. The number of nitrogens with one attached hydrogen (secondary N) is 1. The summed E-state index contributed by atoms with van der Waals surface area (Å²) in [6.07, 6.45) is 0. The van der Waals surface area contributed by atoms with Crippen LogP contribution in [-0.4, -0.2) is 38.2 Å². The molecule has 7 heteroatoms. The number of hydrogen-bond donors (Lipinski definition) is 2. The van der Waals surface area contributed by atoms with Crippen LogP contribution in [0.5, 0.6) is 5.75 Å². The van der Waals surface area contributed by atoms with Crippen LogP contribution in [0.3, 0.4) is 0 Å². The van der Waals surface area contributed by atoms with Gasteiger partial charge in [0.15, 0.2) is 6.61 Å². The lowest BCUT2D eigenvalue weighted by Gasteiger charge is -2.14. The molecule has 1 aromatic rings. The number of carbonyl (C=O) groups is 2. The topological polar surface area (TPSA) is 90.7 Å². The van der Waals surface area contributed by atoms with Crippen LogP contribution in [0.15, 0.2) is 18.2 Å². The van der Waals surface area contributed by atoms with Gasteiger partial charge in [0.1, 0.15) is 5.75 Å². The van der Waals surface area contributed by atoms with Crippen molar-refractivity contribution in [1.29, 1.82) is 0 Å². The van der Waals surface area contributed by atoms with E-state index >= 15 is 0 Å². The van der Waals surface area contributed by atoms with Crippen molar-refractivity contribution >= 4 is 23.4 Å². The molecule has 110 valence electrons. The average molecular weight is 301 g/mol. The van der Waals surface area contributed by atoms with Gasteiger partial charge in [0, 0.05) is 18.2 Å². The van der Waals surface area contributed by atoms with Gasteiger partial charge in [0.25, 0.3) is 11.8 Å². The Morgan fingerprint density at radius 1 is 1.45 bits per heavy atom. The summed E-state index contributed by atoms with van der Waals surface area (Å²) in [6.45, 7) is 1.98. The van der Waals surface area contributed by atoms with Crippen molar-refractivity contribution in [2.45, 2.75) is 13.0 Å². The number of benzene rings is 1. The highest BCUT2D eigenvalue weighted by atomic mass is 35.5. The highest BCUT2D eigenvalue weighted by Crippen LogP contribution is 2.22. The third-order valence-corrected chi connectivity index (χ3v) is 2.62. The maximum Gasteiger partial charge on any atom is 0.258 e. The first-order chi connectivity index (χ1) is 9.43. The molecule has 1 atom stereocenters. The van der Waals surface area contributed by atoms with Crippen LogP contribution < -0.4 is 15.8 Å². The fraction of sp³-hybridized carbons (Fsp3) is 0.385. The number of methoxy groups -OCH3 is 1. The molecule has 0 fully saturated rings. The lowest BCUT2D eigenvalue weighted by molar-refractivity contribution is -0.124. The van der Waals surface area contributed by atoms with Crippen LogP contribution >= 0.6 is 11.6 Å². The van der Waals surface area contributed by atoms with Gasteiger partial charge < -0.3 is 20.5 Å². The van der Waals surface area contributed by atoms with E-state index in [4.69, 9.17) is 26.8 Å². The minimum atomic E-state index is -0.671. The minimum absolute atomic E-state index is 0.128. The van der Waals surface area contributed by atoms with E-state index in [1.165, 1.54) is 12.1 Å². The molecule has 0 spiro atoms. The van der Waals surface area contributed by atoms with Gasteiger partial charge in [0.05, 0.1) is 12.2 Å². The van der Waals surface area contributed by atoms with Crippen LogP contribution in [0, 0.1) is 0 Å². The number of hydrogen-bond acceptors (Lipinski definition) is 4. The normalized spacial score (nSPS) is 11.8. The van der Waals surface area contributed by atoms with E-state index in [1.807, 2.05) is 0 Å². The average Bonchev–Trinajstić information content (AvgIpc) is 2.37. The van der Waals surface area contributed by atoms with E-state index in [0.717, 1.165) is 0 Å². The standard InChI is InChI=1S/C13H17ClN2O4/c1-8(6-19-2)16-12(17)7-20-11-4-3-9(14)5-10(11)13(15)18/h3-5,8H,6-7H2,1-2H3,(H2,15,18)(H,16,17)/t8-/m0/s1. The van der Waals surface area contributed by atoms with E-state index in [2.05, 4.69) is 5.32 Å². The van der Waals surface area contributed by atoms with Crippen LogP contribution in [-0.2, 0) is 9.53 Å². The molecule has 2 amide bonds. The Bertz CT molecular complexity index is 493. The van der Waals surface area contributed by atoms with Gasteiger partial charge in [-0.25, -0.2) is 0 Å². The largest absolute Gasteiger partial charge is 0.483 e. The first-order valence-corrected chi connectivity index (χ1v) is 6.32. The lowest BCUT2D eigenvalue weighted by Crippen LogP contribution is -2.38. The maximum absolute atomic E-state index is 11.6. The first kappa shape index (κ1) is 16.3. The number of carbonyl (C=O) groups excluding carboxylic acids is 2. The van der Waals surface area contributed by atoms with Crippen molar-refractivity contribution in [2.24, 2.45) is 5.73 Å². The molecule has 0 heterocycles. The summed E-state index contributed by atoms with van der Waals surface area (Å²) in [7, 11) is 1.55. The molecule has 0 aliphatic carbocycles. The zero-order chi connectivity index (χ0) is 15.1. The van der Waals surface area contributed by atoms with E-state index in [-0.39, 0.29) is 29.9 Å². The van der Waals surface area contributed by atoms with Gasteiger partial charge in [0.2, 0.25) is 0 Å². The zero-order valence-corrected chi connectivity index (χ0v) is 12.1. The van der Waals surface area contributed by atoms with Crippen LogP contribution in [0.4, 0.5) is 0 Å². The second-order valence-corrected chi connectivity index (χ2v) is 4.65. The van der Waals surface area contributed by atoms with E-state index in [0.29, 0.717) is 11.6 Å². The molecule has 20 heavy (non-hydrogen) atoms. The molecule has 0 aliphatic rings. The number of rotatable bonds is 7. The molecule has 0 saturated heterocycles. The number of ether oxygens (including phenoxy) is 2. The van der Waals surface area contributed by atoms with Crippen LogP contribution in [0.25, 0.3) is 0 Å². The van der Waals surface area contributed by atoms with Crippen LogP contribution in [0.2, 0.25) is 5.02 Å². The van der Waals surface area contributed by atoms with Gasteiger partial charge in [-0.2, -0.15) is 0 Å². The Labute approximate surface area is 122 Å². The number of nitrogens with two attached hydrogens (primary N) is 1. The molecule has 1 aromatic carbocycles. The molecule has 6 nitrogen and oxygen atoms in total. The van der Waals surface area contributed by atoms with Gasteiger partial charge in [-0.05, 0) is 25.1 Å². The second-order valence-electron chi connectivity index (χ2n) is 4.22. The Kier molecular flexibility index (Phi) is 6.27. The second kappa shape index (κ2) is 7.72. The third kappa shape index (κ3) is 5.07. The Morgan fingerprint density at radius 3 is 2.75 bits per heavy atom. The van der Waals surface area contributed by atoms with Crippen molar-refractivity contribution in [3.63, 3.8) is 0 Å². The van der Waals surface area contributed by atoms with Gasteiger partial charge in [-0.3, -0.25) is 9.59 Å². The summed E-state index contributed by atoms with van der Waals surface area (Å²) in [4.78, 5) is 22.9. The zero-order valence-electron chi connectivity index (χ0n) is 11.3. The first-order valence-electron chi connectivity index (χ1n) is 5.94. The van der Waals surface area contributed by atoms with E-state index < -0.39 is 5.91 Å². The number of primary amides is 1. The monoisotopic (exact) mass is 300 g/mol. The molecule has 0 aliphatic heterocycles. The molecule has 0 unspecified atom stereocenters. The molecule has 0 aromatic heterocycles. The summed E-state index contributed by atoms with van der Waals surface area (Å²) in [6, 6.07) is 4.31. The van der Waals surface area contributed by atoms with Crippen molar-refractivity contribution in [3.8, 4) is 5.75 Å². The lowest BCUT2D eigenvalue weighted by atomic mass is 10.2. The molecule has 0 radical (unpaired) electrons. The number of halogens is 1. The van der Waals surface area contributed by atoms with Crippen LogP contribution in [0.1, 0.15) is 17.3 Å². The third-order valence-electron chi connectivity index (χ3n) is 2.39. The minimum Gasteiger partial charge on any atom is -0.483 e. The summed E-state index contributed by atoms with van der Waals surface area (Å²) < 4.78 is 10.2. The van der Waals surface area contributed by atoms with Crippen molar-refractivity contribution in [1.82, 2.24) is 5.32 Å². The van der Waals surface area contributed by atoms with Crippen molar-refractivity contribution in [2.75, 3.05) is 20.3 Å². The predicted octanol–water partition coefficient (Wildman–Crippen LogP) is 0.969. The smallest absolute Gasteiger partial charge is 0.258 e. The molecule has 0 saturated carbocycles. The highest BCUT2D eigenvalue weighted by molar-refractivity contribution is 6.31. The Balaban J connectivity index is 2.61. The fourth-order valence-corrected chi connectivity index (χ4v) is 1.74. The molecule has 0 bridgehead atoms. The van der Waals surface area contributed by atoms with Crippen molar-refractivity contribution < 1.29 is 19.1 Å². The summed E-state index contributed by atoms with van der Waals surface area (Å²) in [5.74, 6) is -0.771. The highest BCUT2D eigenvalue weighted by Gasteiger charge is 2.13. The Hall–Kier alpha value is -1.79. The quantitative estimate of drug-likeness (QED) is 0.785. The Morgan fingerprint density at radius 2 is 2.15 bits per heavy atom. The van der Waals surface area contributed by atoms with Gasteiger partial charge >= 0.3 is 0 Å². The molecule has 1 rings (SSSR count). The summed E-state index contributed by atoms with van der Waals surface area (Å²) in [5, 5.41) is 3.05. The fourth-order valence-electron chi connectivity index (χ4n) is 1.57. The van der Waals surface area contributed by atoms with Gasteiger partial charge in [-0.1, -0.05) is 11.6 Å². The molecule has 3 N–H and O–H groups in total. The summed E-state index contributed by atoms with van der Waals surface area (Å²) >= 11 is 5.77.